The maximum Gasteiger partial charge on any atom is 0.231 e. The van der Waals surface area contributed by atoms with Crippen LogP contribution in [0.25, 0.3) is 11.0 Å². The summed E-state index contributed by atoms with van der Waals surface area (Å²) in [4.78, 5) is 18.5. The Kier molecular flexibility index (Phi) is 7.47. The zero-order chi connectivity index (χ0) is 22.5. The number of benzene rings is 2. The third-order valence-corrected chi connectivity index (χ3v) is 7.01. The van der Waals surface area contributed by atoms with Crippen molar-refractivity contribution in [3.8, 4) is 0 Å². The number of amides is 1. The summed E-state index contributed by atoms with van der Waals surface area (Å²) >= 11 is 9.02. The second-order valence-corrected chi connectivity index (χ2v) is 9.39. The minimum Gasteiger partial charge on any atom is -0.383 e. The van der Waals surface area contributed by atoms with Gasteiger partial charge in [0.05, 0.1) is 29.4 Å². The maximum absolute atomic E-state index is 13.4. The van der Waals surface area contributed by atoms with Gasteiger partial charge in [-0.1, -0.05) is 41.6 Å². The average molecular weight is 490 g/mol. The molecule has 2 aromatic carbocycles. The molecule has 0 aliphatic heterocycles. The van der Waals surface area contributed by atoms with Gasteiger partial charge in [0.2, 0.25) is 5.91 Å². The maximum atomic E-state index is 13.4. The minimum atomic E-state index is -0.338. The van der Waals surface area contributed by atoms with Gasteiger partial charge in [-0.05, 0) is 47.3 Å². The molecular weight excluding hydrogens is 469 g/mol. The fourth-order valence-electron chi connectivity index (χ4n) is 3.35. The minimum absolute atomic E-state index is 0.138. The van der Waals surface area contributed by atoms with Crippen LogP contribution < -0.4 is 5.32 Å². The van der Waals surface area contributed by atoms with Crippen LogP contribution in [0.1, 0.15) is 16.5 Å². The normalized spacial score (nSPS) is 12.2. The van der Waals surface area contributed by atoms with Crippen molar-refractivity contribution in [3.63, 3.8) is 0 Å². The van der Waals surface area contributed by atoms with E-state index < -0.39 is 0 Å². The highest BCUT2D eigenvalue weighted by molar-refractivity contribution is 7.99. The Morgan fingerprint density at radius 1 is 1.28 bits per heavy atom. The van der Waals surface area contributed by atoms with Gasteiger partial charge in [-0.15, -0.1) is 11.3 Å². The fourth-order valence-corrected chi connectivity index (χ4v) is 5.17. The summed E-state index contributed by atoms with van der Waals surface area (Å²) in [5, 5.41) is 6.37. The predicted molar refractivity (Wildman–Crippen MR) is 128 cm³/mol. The topological polar surface area (TPSA) is 56.1 Å². The lowest BCUT2D eigenvalue weighted by atomic mass is 10.1. The van der Waals surface area contributed by atoms with Crippen LogP contribution in [-0.2, 0) is 16.1 Å². The first-order chi connectivity index (χ1) is 15.5. The van der Waals surface area contributed by atoms with Gasteiger partial charge in [0.1, 0.15) is 5.82 Å². The van der Waals surface area contributed by atoms with Gasteiger partial charge in [-0.25, -0.2) is 9.37 Å². The molecule has 166 valence electrons. The molecule has 0 aliphatic carbocycles. The fraction of sp³-hybridized carbons (Fsp3) is 0.217. The SMILES string of the molecule is COCCn1c(SCC(=O)NC(c2ccc(F)cc2)c2cccs2)nc2cc(Cl)ccc21. The third kappa shape index (κ3) is 5.32. The van der Waals surface area contributed by atoms with E-state index in [1.807, 2.05) is 40.3 Å². The van der Waals surface area contributed by atoms with Crippen LogP contribution in [0.15, 0.2) is 65.1 Å². The standard InChI is InChI=1S/C23H21ClFN3O2S2/c1-30-11-10-28-19-9-6-16(24)13-18(19)26-23(28)32-14-21(29)27-22(20-3-2-12-31-20)15-4-7-17(25)8-5-15/h2-9,12-13,22H,10-11,14H2,1H3,(H,27,29). The molecular formula is C23H21ClFN3O2S2. The van der Waals surface area contributed by atoms with Crippen LogP contribution in [0, 0.1) is 5.82 Å². The molecule has 0 fully saturated rings. The second-order valence-electron chi connectivity index (χ2n) is 7.03. The molecule has 4 aromatic rings. The van der Waals surface area contributed by atoms with Crippen LogP contribution in [0.3, 0.4) is 0 Å². The molecule has 1 N–H and O–H groups in total. The van der Waals surface area contributed by atoms with E-state index in [0.29, 0.717) is 18.2 Å². The summed E-state index contributed by atoms with van der Waals surface area (Å²) in [7, 11) is 1.65. The third-order valence-electron chi connectivity index (χ3n) is 4.86. The first-order valence-corrected chi connectivity index (χ1v) is 12.1. The number of ether oxygens (including phenoxy) is 1. The number of carbonyl (C=O) groups is 1. The number of aromatic nitrogens is 2. The van der Waals surface area contributed by atoms with E-state index in [4.69, 9.17) is 16.3 Å². The van der Waals surface area contributed by atoms with Crippen LogP contribution in [0.5, 0.6) is 0 Å². The van der Waals surface area contributed by atoms with Crippen molar-refractivity contribution in [1.82, 2.24) is 14.9 Å². The Bertz CT molecular complexity index is 1200. The first kappa shape index (κ1) is 22.8. The lowest BCUT2D eigenvalue weighted by Gasteiger charge is -2.18. The Morgan fingerprint density at radius 2 is 2.09 bits per heavy atom. The van der Waals surface area contributed by atoms with Crippen molar-refractivity contribution in [2.45, 2.75) is 17.7 Å². The molecule has 2 aromatic heterocycles. The molecule has 0 aliphatic rings. The summed E-state index contributed by atoms with van der Waals surface area (Å²) in [6, 6.07) is 15.3. The molecule has 4 rings (SSSR count). The second kappa shape index (κ2) is 10.5. The molecule has 0 radical (unpaired) electrons. The van der Waals surface area contributed by atoms with Gasteiger partial charge in [0, 0.05) is 23.6 Å². The number of methoxy groups -OCH3 is 1. The number of fused-ring (bicyclic) bond motifs is 1. The van der Waals surface area contributed by atoms with E-state index in [9.17, 15) is 9.18 Å². The Hall–Kier alpha value is -2.39. The molecule has 2 heterocycles. The highest BCUT2D eigenvalue weighted by Gasteiger charge is 2.19. The van der Waals surface area contributed by atoms with E-state index in [1.54, 1.807) is 30.6 Å². The zero-order valence-electron chi connectivity index (χ0n) is 17.3. The van der Waals surface area contributed by atoms with Gasteiger partial charge >= 0.3 is 0 Å². The molecule has 32 heavy (non-hydrogen) atoms. The highest BCUT2D eigenvalue weighted by atomic mass is 35.5. The van der Waals surface area contributed by atoms with Gasteiger partial charge < -0.3 is 14.6 Å². The number of rotatable bonds is 9. The molecule has 5 nitrogen and oxygen atoms in total. The van der Waals surface area contributed by atoms with E-state index in [1.165, 1.54) is 23.9 Å². The van der Waals surface area contributed by atoms with Crippen molar-refractivity contribution in [1.29, 1.82) is 0 Å². The molecule has 0 saturated heterocycles. The lowest BCUT2D eigenvalue weighted by Crippen LogP contribution is -2.30. The van der Waals surface area contributed by atoms with Gasteiger partial charge in [0.15, 0.2) is 5.16 Å². The number of hydrogen-bond acceptors (Lipinski definition) is 5. The lowest BCUT2D eigenvalue weighted by molar-refractivity contribution is -0.119. The molecule has 0 bridgehead atoms. The number of thiophene rings is 1. The molecule has 1 atom stereocenters. The monoisotopic (exact) mass is 489 g/mol. The summed E-state index contributed by atoms with van der Waals surface area (Å²) < 4.78 is 20.7. The quantitative estimate of drug-likeness (QED) is 0.314. The van der Waals surface area contributed by atoms with Crippen molar-refractivity contribution in [2.24, 2.45) is 0 Å². The molecule has 0 saturated carbocycles. The van der Waals surface area contributed by atoms with Crippen molar-refractivity contribution in [2.75, 3.05) is 19.5 Å². The molecule has 0 spiro atoms. The summed E-state index contributed by atoms with van der Waals surface area (Å²) in [6.45, 7) is 1.14. The van der Waals surface area contributed by atoms with E-state index in [0.717, 1.165) is 26.6 Å². The van der Waals surface area contributed by atoms with E-state index in [2.05, 4.69) is 10.3 Å². The van der Waals surface area contributed by atoms with Gasteiger partial charge in [0.25, 0.3) is 0 Å². The molecule has 9 heteroatoms. The number of halogens is 2. The Labute approximate surface area is 198 Å². The highest BCUT2D eigenvalue weighted by Crippen LogP contribution is 2.28. The zero-order valence-corrected chi connectivity index (χ0v) is 19.6. The number of thioether (sulfide) groups is 1. The number of carbonyl (C=O) groups excluding carboxylic acids is 1. The summed E-state index contributed by atoms with van der Waals surface area (Å²) in [6.07, 6.45) is 0. The Morgan fingerprint density at radius 3 is 2.81 bits per heavy atom. The number of hydrogen-bond donors (Lipinski definition) is 1. The van der Waals surface area contributed by atoms with Crippen LogP contribution in [0.4, 0.5) is 4.39 Å². The van der Waals surface area contributed by atoms with Gasteiger partial charge in [-0.3, -0.25) is 4.79 Å². The summed E-state index contributed by atoms with van der Waals surface area (Å²) in [5.41, 5.74) is 2.55. The predicted octanol–water partition coefficient (Wildman–Crippen LogP) is 5.53. The van der Waals surface area contributed by atoms with Crippen LogP contribution in [0.2, 0.25) is 5.02 Å². The smallest absolute Gasteiger partial charge is 0.231 e. The van der Waals surface area contributed by atoms with Crippen molar-refractivity contribution < 1.29 is 13.9 Å². The first-order valence-electron chi connectivity index (χ1n) is 9.91. The number of nitrogens with one attached hydrogen (secondary N) is 1. The largest absolute Gasteiger partial charge is 0.383 e. The van der Waals surface area contributed by atoms with Crippen molar-refractivity contribution in [3.05, 3.63) is 81.3 Å². The van der Waals surface area contributed by atoms with E-state index >= 15 is 0 Å². The van der Waals surface area contributed by atoms with Gasteiger partial charge in [-0.2, -0.15) is 0 Å². The van der Waals surface area contributed by atoms with Crippen molar-refractivity contribution >= 4 is 51.6 Å². The number of nitrogens with zero attached hydrogens (tertiary/aromatic N) is 2. The number of imidazole rings is 1. The Balaban J connectivity index is 1.51. The van der Waals surface area contributed by atoms with Crippen LogP contribution >= 0.6 is 34.7 Å². The average Bonchev–Trinajstić information content (AvgIpc) is 3.43. The summed E-state index contributed by atoms with van der Waals surface area (Å²) in [5.74, 6) is -0.260. The molecule has 1 unspecified atom stereocenters. The van der Waals surface area contributed by atoms with E-state index in [-0.39, 0.29) is 23.5 Å². The van der Waals surface area contributed by atoms with Crippen LogP contribution in [-0.4, -0.2) is 34.9 Å². The molecule has 1 amide bonds.